The molecule has 1 amide bonds. The number of likely N-dealkylation sites (tertiary alicyclic amines) is 1. The van der Waals surface area contributed by atoms with Gasteiger partial charge in [0.15, 0.2) is 0 Å². The van der Waals surface area contributed by atoms with Crippen LogP contribution in [-0.4, -0.2) is 61.0 Å². The van der Waals surface area contributed by atoms with Crippen LogP contribution in [0.25, 0.3) is 0 Å². The number of fused-ring (bicyclic) bond motifs is 1. The fraction of sp³-hybridized carbons (Fsp3) is 0.650. The maximum Gasteiger partial charge on any atom is 0.223 e. The molecule has 4 nitrogen and oxygen atoms in total. The number of rotatable bonds is 3. The van der Waals surface area contributed by atoms with Gasteiger partial charge in [0.05, 0.1) is 0 Å². The van der Waals surface area contributed by atoms with Gasteiger partial charge in [-0.05, 0) is 42.7 Å². The number of hydrogen-bond donors (Lipinski definition) is 1. The molecule has 24 heavy (non-hydrogen) atoms. The summed E-state index contributed by atoms with van der Waals surface area (Å²) >= 11 is 0. The van der Waals surface area contributed by atoms with Crippen LogP contribution < -0.4 is 5.32 Å². The zero-order chi connectivity index (χ0) is 16.4. The van der Waals surface area contributed by atoms with Gasteiger partial charge in [-0.25, -0.2) is 0 Å². The van der Waals surface area contributed by atoms with E-state index in [0.29, 0.717) is 24.3 Å². The Morgan fingerprint density at radius 1 is 1.12 bits per heavy atom. The van der Waals surface area contributed by atoms with Crippen LogP contribution in [0.2, 0.25) is 0 Å². The molecule has 4 heteroatoms. The largest absolute Gasteiger partial charge is 0.341 e. The van der Waals surface area contributed by atoms with Gasteiger partial charge in [0.25, 0.3) is 0 Å². The van der Waals surface area contributed by atoms with Crippen molar-refractivity contribution in [3.05, 3.63) is 35.4 Å². The molecule has 2 heterocycles. The van der Waals surface area contributed by atoms with Crippen LogP contribution >= 0.6 is 0 Å². The van der Waals surface area contributed by atoms with Gasteiger partial charge in [-0.1, -0.05) is 24.3 Å². The zero-order valence-electron chi connectivity index (χ0n) is 14.5. The summed E-state index contributed by atoms with van der Waals surface area (Å²) in [7, 11) is 0. The maximum absolute atomic E-state index is 12.8. The smallest absolute Gasteiger partial charge is 0.223 e. The van der Waals surface area contributed by atoms with Crippen molar-refractivity contribution in [2.24, 2.45) is 0 Å². The fourth-order valence-corrected chi connectivity index (χ4v) is 4.72. The second kappa shape index (κ2) is 7.24. The molecule has 0 aromatic heterocycles. The van der Waals surface area contributed by atoms with Crippen LogP contribution in [-0.2, 0) is 11.2 Å². The zero-order valence-corrected chi connectivity index (χ0v) is 14.5. The van der Waals surface area contributed by atoms with Crippen LogP contribution in [0.4, 0.5) is 0 Å². The molecule has 0 bridgehead atoms. The van der Waals surface area contributed by atoms with Crippen LogP contribution in [0.1, 0.15) is 42.7 Å². The molecule has 2 fully saturated rings. The van der Waals surface area contributed by atoms with Crippen molar-refractivity contribution in [2.45, 2.75) is 44.1 Å². The summed E-state index contributed by atoms with van der Waals surface area (Å²) < 4.78 is 0. The number of benzene rings is 1. The van der Waals surface area contributed by atoms with Crippen molar-refractivity contribution in [3.8, 4) is 0 Å². The number of carbonyl (C=O) groups is 1. The first kappa shape index (κ1) is 16.1. The second-order valence-electron chi connectivity index (χ2n) is 7.56. The Balaban J connectivity index is 1.36. The lowest BCUT2D eigenvalue weighted by Gasteiger charge is -2.32. The van der Waals surface area contributed by atoms with Crippen molar-refractivity contribution in [1.29, 1.82) is 0 Å². The number of carbonyl (C=O) groups excluding carboxylic acids is 1. The van der Waals surface area contributed by atoms with E-state index in [0.717, 1.165) is 52.1 Å². The molecule has 0 radical (unpaired) electrons. The lowest BCUT2D eigenvalue weighted by Crippen LogP contribution is -2.49. The predicted octanol–water partition coefficient (Wildman–Crippen LogP) is 2.00. The molecule has 3 aliphatic rings. The summed E-state index contributed by atoms with van der Waals surface area (Å²) in [6.07, 6.45) is 5.41. The molecule has 4 rings (SSSR count). The van der Waals surface area contributed by atoms with Gasteiger partial charge in [-0.3, -0.25) is 9.69 Å². The van der Waals surface area contributed by atoms with E-state index in [9.17, 15) is 4.79 Å². The topological polar surface area (TPSA) is 35.6 Å². The Kier molecular flexibility index (Phi) is 4.86. The number of piperazine rings is 1. The van der Waals surface area contributed by atoms with Gasteiger partial charge in [0, 0.05) is 51.7 Å². The average molecular weight is 327 g/mol. The first-order valence-corrected chi connectivity index (χ1v) is 9.61. The van der Waals surface area contributed by atoms with Crippen molar-refractivity contribution < 1.29 is 4.79 Å². The van der Waals surface area contributed by atoms with Crippen molar-refractivity contribution in [3.63, 3.8) is 0 Å². The van der Waals surface area contributed by atoms with Gasteiger partial charge in [-0.2, -0.15) is 0 Å². The summed E-state index contributed by atoms with van der Waals surface area (Å²) in [5.74, 6) is 0.801. The van der Waals surface area contributed by atoms with E-state index in [2.05, 4.69) is 39.4 Å². The summed E-state index contributed by atoms with van der Waals surface area (Å²) in [4.78, 5) is 17.5. The quantitative estimate of drug-likeness (QED) is 0.922. The third-order valence-corrected chi connectivity index (χ3v) is 6.10. The second-order valence-corrected chi connectivity index (χ2v) is 7.56. The Bertz CT molecular complexity index is 582. The highest BCUT2D eigenvalue weighted by atomic mass is 16.2. The monoisotopic (exact) mass is 327 g/mol. The van der Waals surface area contributed by atoms with Gasteiger partial charge < -0.3 is 10.2 Å². The minimum absolute atomic E-state index is 0.370. The van der Waals surface area contributed by atoms with Gasteiger partial charge in [0.1, 0.15) is 0 Å². The fourth-order valence-electron chi connectivity index (χ4n) is 4.72. The third-order valence-electron chi connectivity index (χ3n) is 6.10. The summed E-state index contributed by atoms with van der Waals surface area (Å²) in [5.41, 5.74) is 2.89. The molecule has 1 aromatic rings. The summed E-state index contributed by atoms with van der Waals surface area (Å²) in [6.45, 7) is 6.31. The normalized spacial score (nSPS) is 27.9. The Morgan fingerprint density at radius 2 is 1.96 bits per heavy atom. The molecule has 130 valence electrons. The number of amides is 1. The lowest BCUT2D eigenvalue weighted by atomic mass is 9.81. The molecule has 0 saturated carbocycles. The lowest BCUT2D eigenvalue weighted by molar-refractivity contribution is -0.130. The molecule has 2 atom stereocenters. The van der Waals surface area contributed by atoms with E-state index < -0.39 is 0 Å². The van der Waals surface area contributed by atoms with Crippen LogP contribution in [0.3, 0.4) is 0 Å². The van der Waals surface area contributed by atoms with Crippen LogP contribution in [0.15, 0.2) is 24.3 Å². The van der Waals surface area contributed by atoms with Crippen molar-refractivity contribution in [2.75, 3.05) is 39.3 Å². The van der Waals surface area contributed by atoms with Crippen molar-refractivity contribution >= 4 is 5.91 Å². The van der Waals surface area contributed by atoms with Crippen LogP contribution in [0, 0.1) is 0 Å². The Hall–Kier alpha value is -1.39. The molecule has 1 aliphatic carbocycles. The first-order chi connectivity index (χ1) is 11.8. The van der Waals surface area contributed by atoms with E-state index in [4.69, 9.17) is 0 Å². The molecule has 2 aliphatic heterocycles. The van der Waals surface area contributed by atoms with Crippen molar-refractivity contribution in [1.82, 2.24) is 15.1 Å². The molecule has 1 N–H and O–H groups in total. The predicted molar refractivity (Wildman–Crippen MR) is 96.2 cm³/mol. The number of nitrogens with zero attached hydrogens (tertiary/aromatic N) is 2. The number of nitrogens with one attached hydrogen (secondary N) is 1. The summed E-state index contributed by atoms with van der Waals surface area (Å²) in [6, 6.07) is 9.30. The highest BCUT2D eigenvalue weighted by Crippen LogP contribution is 2.34. The average Bonchev–Trinajstić information content (AvgIpc) is 3.13. The standard InChI is InChI=1S/C20H29N3O/c24-20(14-17-6-3-5-16-4-1-2-7-19(16)17)23-11-8-18(15-23)22-12-9-21-10-13-22/h1-2,4,7,17-18,21H,3,5-6,8-15H2. The molecule has 1 aromatic carbocycles. The maximum atomic E-state index is 12.8. The van der Waals surface area contributed by atoms with E-state index in [-0.39, 0.29) is 0 Å². The first-order valence-electron chi connectivity index (χ1n) is 9.61. The highest BCUT2D eigenvalue weighted by molar-refractivity contribution is 5.77. The number of hydrogen-bond acceptors (Lipinski definition) is 3. The van der Waals surface area contributed by atoms with E-state index in [1.165, 1.54) is 24.0 Å². The van der Waals surface area contributed by atoms with Crippen LogP contribution in [0.5, 0.6) is 0 Å². The number of aryl methyl sites for hydroxylation is 1. The SMILES string of the molecule is O=C(CC1CCCc2ccccc21)N1CCC(N2CCNCC2)C1. The Labute approximate surface area is 145 Å². The van der Waals surface area contributed by atoms with Gasteiger partial charge in [0.2, 0.25) is 5.91 Å². The minimum Gasteiger partial charge on any atom is -0.341 e. The third kappa shape index (κ3) is 3.35. The highest BCUT2D eigenvalue weighted by Gasteiger charge is 2.32. The van der Waals surface area contributed by atoms with E-state index in [1.54, 1.807) is 0 Å². The van der Waals surface area contributed by atoms with Gasteiger partial charge >= 0.3 is 0 Å². The molecular formula is C20H29N3O. The van der Waals surface area contributed by atoms with Gasteiger partial charge in [-0.15, -0.1) is 0 Å². The molecule has 0 spiro atoms. The van der Waals surface area contributed by atoms with E-state index >= 15 is 0 Å². The van der Waals surface area contributed by atoms with E-state index in [1.807, 2.05) is 0 Å². The summed E-state index contributed by atoms with van der Waals surface area (Å²) in [5, 5.41) is 3.41. The molecule has 2 unspecified atom stereocenters. The Morgan fingerprint density at radius 3 is 2.83 bits per heavy atom. The molecule has 2 saturated heterocycles. The minimum atomic E-state index is 0.370. The molecular weight excluding hydrogens is 298 g/mol.